The first-order chi connectivity index (χ1) is 17.5. The molecule has 2 aliphatic rings. The van der Waals surface area contributed by atoms with Crippen LogP contribution in [0.3, 0.4) is 0 Å². The number of rotatable bonds is 6. The molecule has 10 heteroatoms. The summed E-state index contributed by atoms with van der Waals surface area (Å²) in [5.41, 5.74) is 0.285. The fourth-order valence-electron chi connectivity index (χ4n) is 5.34. The summed E-state index contributed by atoms with van der Waals surface area (Å²) in [6.07, 6.45) is 5.28. The molecule has 4 rings (SSSR count). The second-order valence-electron chi connectivity index (χ2n) is 10.4. The Hall–Kier alpha value is -3.11. The molecule has 37 heavy (non-hydrogen) atoms. The lowest BCUT2D eigenvalue weighted by Gasteiger charge is -2.36. The number of likely N-dealkylation sites (N-methyl/N-ethyl adjacent to an activating group) is 1. The molecule has 9 nitrogen and oxygen atoms in total. The lowest BCUT2D eigenvalue weighted by molar-refractivity contribution is -0.143. The largest absolute Gasteiger partial charge is 0.480 e. The van der Waals surface area contributed by atoms with Gasteiger partial charge in [-0.1, -0.05) is 37.5 Å². The molecule has 3 N–H and O–H groups in total. The predicted molar refractivity (Wildman–Crippen MR) is 144 cm³/mol. The Morgan fingerprint density at radius 1 is 1.05 bits per heavy atom. The molecular formula is C27H36N4O5S. The van der Waals surface area contributed by atoms with Gasteiger partial charge in [0, 0.05) is 38.1 Å². The van der Waals surface area contributed by atoms with E-state index in [-0.39, 0.29) is 22.4 Å². The summed E-state index contributed by atoms with van der Waals surface area (Å²) in [5, 5.41) is 15.0. The summed E-state index contributed by atoms with van der Waals surface area (Å²) < 4.78 is 29.6. The topological polar surface area (TPSA) is 119 Å². The number of benzene rings is 2. The van der Waals surface area contributed by atoms with E-state index in [4.69, 9.17) is 0 Å². The molecule has 0 bridgehead atoms. The predicted octanol–water partition coefficient (Wildman–Crippen LogP) is 4.04. The van der Waals surface area contributed by atoms with Gasteiger partial charge >= 0.3 is 5.97 Å². The number of fused-ring (bicyclic) bond motifs is 1. The summed E-state index contributed by atoms with van der Waals surface area (Å²) >= 11 is 0. The molecule has 1 aliphatic heterocycles. The van der Waals surface area contributed by atoms with Crippen LogP contribution < -0.4 is 15.5 Å². The highest BCUT2D eigenvalue weighted by atomic mass is 32.2. The van der Waals surface area contributed by atoms with E-state index in [1.807, 2.05) is 35.2 Å². The number of carbonyl (C=O) groups is 2. The molecule has 1 saturated carbocycles. The van der Waals surface area contributed by atoms with Crippen LogP contribution in [0.1, 0.15) is 56.3 Å². The monoisotopic (exact) mass is 528 g/mol. The van der Waals surface area contributed by atoms with Crippen molar-refractivity contribution in [3.8, 4) is 0 Å². The van der Waals surface area contributed by atoms with E-state index < -0.39 is 27.4 Å². The van der Waals surface area contributed by atoms with Crippen molar-refractivity contribution in [2.24, 2.45) is 5.92 Å². The van der Waals surface area contributed by atoms with Crippen LogP contribution in [0.4, 0.5) is 17.1 Å². The molecule has 0 radical (unpaired) electrons. The maximum absolute atomic E-state index is 14.1. The molecule has 2 aromatic carbocycles. The number of hydrogen-bond donors (Lipinski definition) is 3. The van der Waals surface area contributed by atoms with Crippen LogP contribution >= 0.6 is 0 Å². The number of amides is 1. The second-order valence-corrected chi connectivity index (χ2v) is 12.4. The van der Waals surface area contributed by atoms with E-state index in [9.17, 15) is 23.1 Å². The normalized spacial score (nSPS) is 20.5. The van der Waals surface area contributed by atoms with E-state index in [0.29, 0.717) is 17.9 Å². The van der Waals surface area contributed by atoms with Gasteiger partial charge in [-0.3, -0.25) is 4.79 Å². The molecule has 1 amide bonds. The first-order valence-electron chi connectivity index (χ1n) is 12.7. The average molecular weight is 529 g/mol. The third-order valence-corrected chi connectivity index (χ3v) is 9.53. The average Bonchev–Trinajstić information content (AvgIpc) is 2.96. The molecule has 0 saturated heterocycles. The lowest BCUT2D eigenvalue weighted by Crippen LogP contribution is -2.49. The number of nitrogens with zero attached hydrogens (tertiary/aromatic N) is 2. The number of para-hydroxylation sites is 1. The first-order valence-corrected chi connectivity index (χ1v) is 14.1. The maximum atomic E-state index is 14.1. The van der Waals surface area contributed by atoms with E-state index in [1.165, 1.54) is 30.6 Å². The van der Waals surface area contributed by atoms with Crippen molar-refractivity contribution in [2.45, 2.75) is 62.4 Å². The number of sulfonamides is 1. The van der Waals surface area contributed by atoms with Crippen molar-refractivity contribution in [3.05, 3.63) is 48.0 Å². The summed E-state index contributed by atoms with van der Waals surface area (Å²) in [6, 6.07) is 12.5. The van der Waals surface area contributed by atoms with Gasteiger partial charge in [0.25, 0.3) is 5.91 Å². The molecule has 1 fully saturated rings. The number of carboxylic acid groups (broad SMARTS) is 1. The zero-order valence-corrected chi connectivity index (χ0v) is 22.6. The number of aliphatic carboxylic acids is 1. The van der Waals surface area contributed by atoms with Crippen LogP contribution in [-0.2, 0) is 14.8 Å². The van der Waals surface area contributed by atoms with Crippen LogP contribution in [-0.4, -0.2) is 61.9 Å². The Labute approximate surface area is 218 Å². The molecule has 2 aromatic rings. The van der Waals surface area contributed by atoms with Crippen LogP contribution in [0.15, 0.2) is 47.4 Å². The van der Waals surface area contributed by atoms with Crippen LogP contribution in [0.5, 0.6) is 0 Å². The Bertz CT molecular complexity index is 1270. The molecule has 1 atom stereocenters. The third kappa shape index (κ3) is 5.17. The fraction of sp³-hybridized carbons (Fsp3) is 0.481. The van der Waals surface area contributed by atoms with Gasteiger partial charge in [0.1, 0.15) is 10.4 Å². The molecule has 200 valence electrons. The molecule has 1 heterocycles. The minimum Gasteiger partial charge on any atom is -0.480 e. The number of hydrogen-bond acceptors (Lipinski definition) is 6. The van der Waals surface area contributed by atoms with Crippen LogP contribution in [0, 0.1) is 5.92 Å². The van der Waals surface area contributed by atoms with Gasteiger partial charge in [0.15, 0.2) is 0 Å². The minimum absolute atomic E-state index is 0.0226. The molecular weight excluding hydrogens is 492 g/mol. The molecule has 0 unspecified atom stereocenters. The van der Waals surface area contributed by atoms with Crippen molar-refractivity contribution in [1.29, 1.82) is 0 Å². The smallest absolute Gasteiger partial charge is 0.328 e. The summed E-state index contributed by atoms with van der Waals surface area (Å²) in [4.78, 5) is 26.9. The van der Waals surface area contributed by atoms with Crippen molar-refractivity contribution < 1.29 is 23.1 Å². The summed E-state index contributed by atoms with van der Waals surface area (Å²) in [7, 11) is -0.690. The van der Waals surface area contributed by atoms with Crippen molar-refractivity contribution in [1.82, 2.24) is 9.62 Å². The van der Waals surface area contributed by atoms with Gasteiger partial charge in [0.2, 0.25) is 10.0 Å². The lowest BCUT2D eigenvalue weighted by atomic mass is 9.83. The zero-order valence-electron chi connectivity index (χ0n) is 21.8. The highest BCUT2D eigenvalue weighted by Crippen LogP contribution is 2.42. The van der Waals surface area contributed by atoms with Crippen molar-refractivity contribution in [2.75, 3.05) is 30.9 Å². The number of anilines is 3. The third-order valence-electron chi connectivity index (χ3n) is 7.62. The highest BCUT2D eigenvalue weighted by molar-refractivity contribution is 7.89. The Balaban J connectivity index is 1.89. The van der Waals surface area contributed by atoms with Gasteiger partial charge in [0.05, 0.1) is 11.3 Å². The summed E-state index contributed by atoms with van der Waals surface area (Å²) in [6.45, 7) is 3.25. The Morgan fingerprint density at radius 3 is 2.30 bits per heavy atom. The molecule has 0 spiro atoms. The quantitative estimate of drug-likeness (QED) is 0.518. The standard InChI is InChI=1S/C27H36N4O5S/c1-27(2,26(33)34)29-25(32)20-15-24-22(16-21(20)28-3)31(19-13-9-6-10-14-19)17-23(30(4)37(24,35)36)18-11-7-5-8-12-18/h6,9-10,13-16,18,23,28H,5,7-8,11-12,17H2,1-4H3,(H,29,32)(H,33,34)/t23-/m0/s1. The van der Waals surface area contributed by atoms with Crippen LogP contribution in [0.25, 0.3) is 0 Å². The maximum Gasteiger partial charge on any atom is 0.328 e. The van der Waals surface area contributed by atoms with Crippen molar-refractivity contribution in [3.63, 3.8) is 0 Å². The second kappa shape index (κ2) is 10.3. The minimum atomic E-state index is -3.97. The van der Waals surface area contributed by atoms with E-state index in [0.717, 1.165) is 31.4 Å². The number of nitrogens with one attached hydrogen (secondary N) is 2. The van der Waals surface area contributed by atoms with Crippen molar-refractivity contribution >= 4 is 39.0 Å². The zero-order chi connectivity index (χ0) is 27.0. The Kier molecular flexibility index (Phi) is 7.52. The van der Waals surface area contributed by atoms with E-state index in [1.54, 1.807) is 20.2 Å². The SMILES string of the molecule is CNc1cc2c(cc1C(=O)NC(C)(C)C(=O)O)S(=O)(=O)N(C)[C@H](C1CCCCC1)CN2c1ccccc1. The van der Waals surface area contributed by atoms with Gasteiger partial charge in [-0.15, -0.1) is 0 Å². The highest BCUT2D eigenvalue weighted by Gasteiger charge is 2.41. The van der Waals surface area contributed by atoms with Gasteiger partial charge < -0.3 is 20.6 Å². The van der Waals surface area contributed by atoms with Gasteiger partial charge in [-0.2, -0.15) is 4.31 Å². The Morgan fingerprint density at radius 2 is 1.70 bits per heavy atom. The summed E-state index contributed by atoms with van der Waals surface area (Å²) in [5.74, 6) is -1.63. The fourth-order valence-corrected chi connectivity index (χ4v) is 6.94. The van der Waals surface area contributed by atoms with Gasteiger partial charge in [-0.25, -0.2) is 13.2 Å². The van der Waals surface area contributed by atoms with Crippen LogP contribution in [0.2, 0.25) is 0 Å². The molecule has 0 aromatic heterocycles. The number of carboxylic acids is 1. The first kappa shape index (κ1) is 26.9. The number of carbonyl (C=O) groups excluding carboxylic acids is 1. The molecule has 1 aliphatic carbocycles. The van der Waals surface area contributed by atoms with Gasteiger partial charge in [-0.05, 0) is 56.9 Å². The van der Waals surface area contributed by atoms with E-state index in [2.05, 4.69) is 10.6 Å². The van der Waals surface area contributed by atoms with E-state index >= 15 is 0 Å².